The van der Waals surface area contributed by atoms with Gasteiger partial charge >= 0.3 is 5.69 Å². The Labute approximate surface area is 102 Å². The van der Waals surface area contributed by atoms with Crippen molar-refractivity contribution in [3.63, 3.8) is 0 Å². The normalized spacial score (nSPS) is 13.9. The number of rotatable bonds is 5. The fraction of sp³-hybridized carbons (Fsp3) is 0.455. The molecule has 0 aliphatic heterocycles. The van der Waals surface area contributed by atoms with Gasteiger partial charge in [0.1, 0.15) is 6.23 Å². The van der Waals surface area contributed by atoms with Crippen molar-refractivity contribution in [1.29, 1.82) is 0 Å². The van der Waals surface area contributed by atoms with Crippen LogP contribution in [-0.4, -0.2) is 27.4 Å². The first-order valence-electron chi connectivity index (χ1n) is 5.20. The van der Waals surface area contributed by atoms with Gasteiger partial charge in [-0.15, -0.1) is 12.3 Å². The number of aromatic nitrogens is 2. The minimum atomic E-state index is -1.09. The SMILES string of the molecule is C#CCC(CO)OC(C)n1cc(F)c(=O)[nH]c1=O. The van der Waals surface area contributed by atoms with E-state index in [1.54, 1.807) is 4.98 Å². The molecule has 0 saturated heterocycles. The predicted molar refractivity (Wildman–Crippen MR) is 61.4 cm³/mol. The highest BCUT2D eigenvalue weighted by atomic mass is 19.1. The van der Waals surface area contributed by atoms with E-state index in [1.807, 2.05) is 0 Å². The molecular weight excluding hydrogens is 243 g/mol. The lowest BCUT2D eigenvalue weighted by molar-refractivity contribution is -0.0648. The number of aromatic amines is 1. The van der Waals surface area contributed by atoms with E-state index >= 15 is 0 Å². The third kappa shape index (κ3) is 3.29. The minimum Gasteiger partial charge on any atom is -0.394 e. The van der Waals surface area contributed by atoms with E-state index in [0.717, 1.165) is 10.8 Å². The predicted octanol–water partition coefficient (Wildman–Crippen LogP) is -0.405. The van der Waals surface area contributed by atoms with Gasteiger partial charge in [-0.1, -0.05) is 0 Å². The molecule has 0 spiro atoms. The highest BCUT2D eigenvalue weighted by molar-refractivity contribution is 4.89. The number of hydrogen-bond donors (Lipinski definition) is 2. The van der Waals surface area contributed by atoms with Crippen molar-refractivity contribution < 1.29 is 14.2 Å². The van der Waals surface area contributed by atoms with Gasteiger partial charge in [0, 0.05) is 6.42 Å². The molecule has 6 nitrogen and oxygen atoms in total. The van der Waals surface area contributed by atoms with Crippen LogP contribution >= 0.6 is 0 Å². The molecule has 1 rings (SSSR count). The summed E-state index contributed by atoms with van der Waals surface area (Å²) < 4.78 is 19.2. The molecule has 1 aromatic rings. The van der Waals surface area contributed by atoms with Crippen LogP contribution in [0.4, 0.5) is 4.39 Å². The van der Waals surface area contributed by atoms with Gasteiger partial charge in [-0.05, 0) is 6.92 Å². The number of halogens is 1. The molecule has 0 aliphatic carbocycles. The van der Waals surface area contributed by atoms with Gasteiger partial charge in [-0.3, -0.25) is 14.3 Å². The summed E-state index contributed by atoms with van der Waals surface area (Å²) in [6.45, 7) is 1.15. The number of hydrogen-bond acceptors (Lipinski definition) is 4. The van der Waals surface area contributed by atoms with Crippen LogP contribution in [0, 0.1) is 18.2 Å². The summed E-state index contributed by atoms with van der Waals surface area (Å²) in [5.41, 5.74) is -1.89. The molecule has 18 heavy (non-hydrogen) atoms. The number of terminal acetylenes is 1. The van der Waals surface area contributed by atoms with E-state index in [-0.39, 0.29) is 13.0 Å². The van der Waals surface area contributed by atoms with Crippen LogP contribution in [0.15, 0.2) is 15.8 Å². The summed E-state index contributed by atoms with van der Waals surface area (Å²) in [4.78, 5) is 24.1. The van der Waals surface area contributed by atoms with Crippen LogP contribution < -0.4 is 11.2 Å². The summed E-state index contributed by atoms with van der Waals surface area (Å²) >= 11 is 0. The van der Waals surface area contributed by atoms with Gasteiger partial charge < -0.3 is 9.84 Å². The Hall–Kier alpha value is -1.91. The van der Waals surface area contributed by atoms with Gasteiger partial charge in [0.25, 0.3) is 5.56 Å². The van der Waals surface area contributed by atoms with Crippen LogP contribution in [0.5, 0.6) is 0 Å². The maximum Gasteiger partial charge on any atom is 0.330 e. The van der Waals surface area contributed by atoms with Crippen molar-refractivity contribution in [2.45, 2.75) is 25.7 Å². The number of nitrogens with one attached hydrogen (secondary N) is 1. The highest BCUT2D eigenvalue weighted by Crippen LogP contribution is 2.09. The molecule has 0 bridgehead atoms. The summed E-state index contributed by atoms with van der Waals surface area (Å²) in [6.07, 6.45) is 4.45. The van der Waals surface area contributed by atoms with Gasteiger partial charge in [0.15, 0.2) is 0 Å². The average molecular weight is 256 g/mol. The average Bonchev–Trinajstić information content (AvgIpc) is 2.33. The Kier molecular flexibility index (Phi) is 4.83. The Bertz CT molecular complexity index is 557. The third-order valence-electron chi connectivity index (χ3n) is 2.25. The molecule has 1 heterocycles. The molecule has 0 radical (unpaired) electrons. The summed E-state index contributed by atoms with van der Waals surface area (Å²) in [7, 11) is 0. The maximum absolute atomic E-state index is 13.0. The lowest BCUT2D eigenvalue weighted by Crippen LogP contribution is -2.35. The summed E-state index contributed by atoms with van der Waals surface area (Å²) in [6, 6.07) is 0. The Morgan fingerprint density at radius 3 is 2.89 bits per heavy atom. The fourth-order valence-electron chi connectivity index (χ4n) is 1.36. The van der Waals surface area contributed by atoms with Crippen LogP contribution in [0.3, 0.4) is 0 Å². The topological polar surface area (TPSA) is 84.3 Å². The molecule has 2 N–H and O–H groups in total. The zero-order chi connectivity index (χ0) is 13.7. The molecule has 2 unspecified atom stereocenters. The zero-order valence-electron chi connectivity index (χ0n) is 9.72. The molecule has 0 aromatic carbocycles. The smallest absolute Gasteiger partial charge is 0.330 e. The second kappa shape index (κ2) is 6.14. The van der Waals surface area contributed by atoms with E-state index in [4.69, 9.17) is 16.3 Å². The number of aliphatic hydroxyl groups is 1. The maximum atomic E-state index is 13.0. The molecule has 0 fully saturated rings. The zero-order valence-corrected chi connectivity index (χ0v) is 9.72. The quantitative estimate of drug-likeness (QED) is 0.702. The number of aliphatic hydroxyl groups excluding tert-OH is 1. The largest absolute Gasteiger partial charge is 0.394 e. The van der Waals surface area contributed by atoms with E-state index < -0.39 is 29.4 Å². The number of nitrogens with zero attached hydrogens (tertiary/aromatic N) is 1. The highest BCUT2D eigenvalue weighted by Gasteiger charge is 2.15. The molecule has 7 heteroatoms. The lowest BCUT2D eigenvalue weighted by Gasteiger charge is -2.20. The lowest BCUT2D eigenvalue weighted by atomic mass is 10.3. The molecule has 1 aromatic heterocycles. The molecule has 98 valence electrons. The number of ether oxygens (including phenoxy) is 1. The van der Waals surface area contributed by atoms with Crippen molar-refractivity contribution in [2.75, 3.05) is 6.61 Å². The molecule has 0 saturated carbocycles. The van der Waals surface area contributed by atoms with Crippen LogP contribution in [0.1, 0.15) is 19.6 Å². The molecule has 2 atom stereocenters. The Morgan fingerprint density at radius 1 is 1.67 bits per heavy atom. The summed E-state index contributed by atoms with van der Waals surface area (Å²) in [5.74, 6) is 1.21. The molecule has 0 aliphatic rings. The van der Waals surface area contributed by atoms with E-state index in [9.17, 15) is 14.0 Å². The Morgan fingerprint density at radius 2 is 2.33 bits per heavy atom. The molecule has 0 amide bonds. The van der Waals surface area contributed by atoms with Crippen molar-refractivity contribution in [1.82, 2.24) is 9.55 Å². The van der Waals surface area contributed by atoms with Gasteiger partial charge in [0.2, 0.25) is 5.82 Å². The number of H-pyrrole nitrogens is 1. The van der Waals surface area contributed by atoms with E-state index in [1.165, 1.54) is 6.92 Å². The van der Waals surface area contributed by atoms with Crippen molar-refractivity contribution in [2.24, 2.45) is 0 Å². The van der Waals surface area contributed by atoms with Gasteiger partial charge in [-0.2, -0.15) is 4.39 Å². The second-order valence-corrected chi connectivity index (χ2v) is 3.59. The van der Waals surface area contributed by atoms with E-state index in [0.29, 0.717) is 0 Å². The third-order valence-corrected chi connectivity index (χ3v) is 2.25. The first kappa shape index (κ1) is 14.2. The Balaban J connectivity index is 2.94. The van der Waals surface area contributed by atoms with Crippen molar-refractivity contribution in [3.05, 3.63) is 32.9 Å². The van der Waals surface area contributed by atoms with Crippen molar-refractivity contribution in [3.8, 4) is 12.3 Å². The van der Waals surface area contributed by atoms with Gasteiger partial charge in [0.05, 0.1) is 18.9 Å². The van der Waals surface area contributed by atoms with Gasteiger partial charge in [-0.25, -0.2) is 4.79 Å². The van der Waals surface area contributed by atoms with Crippen LogP contribution in [0.25, 0.3) is 0 Å². The first-order chi connectivity index (χ1) is 8.49. The first-order valence-corrected chi connectivity index (χ1v) is 5.20. The van der Waals surface area contributed by atoms with Crippen LogP contribution in [-0.2, 0) is 4.74 Å². The summed E-state index contributed by atoms with van der Waals surface area (Å²) in [5, 5.41) is 8.98. The minimum absolute atomic E-state index is 0.154. The monoisotopic (exact) mass is 256 g/mol. The fourth-order valence-corrected chi connectivity index (χ4v) is 1.36. The van der Waals surface area contributed by atoms with Crippen molar-refractivity contribution >= 4 is 0 Å². The second-order valence-electron chi connectivity index (χ2n) is 3.59. The van der Waals surface area contributed by atoms with E-state index in [2.05, 4.69) is 5.92 Å². The standard InChI is InChI=1S/C11H13FN2O4/c1-3-4-8(6-15)18-7(2)14-5-9(12)10(16)13-11(14)17/h1,5,7-8,15H,4,6H2,2H3,(H,13,16,17). The molecular formula is C11H13FN2O4. The van der Waals surface area contributed by atoms with Crippen LogP contribution in [0.2, 0.25) is 0 Å².